The first-order valence-corrected chi connectivity index (χ1v) is 8.32. The monoisotopic (exact) mass is 267 g/mol. The molecule has 0 bridgehead atoms. The predicted molar refractivity (Wildman–Crippen MR) is 82.6 cm³/mol. The van der Waals surface area contributed by atoms with E-state index in [1.165, 1.54) is 58.7 Å². The van der Waals surface area contributed by atoms with Gasteiger partial charge in [0.2, 0.25) is 0 Å². The normalized spacial score (nSPS) is 27.0. The van der Waals surface area contributed by atoms with Gasteiger partial charge in [-0.05, 0) is 59.2 Å². The van der Waals surface area contributed by atoms with Crippen molar-refractivity contribution < 1.29 is 0 Å². The van der Waals surface area contributed by atoms with Crippen LogP contribution in [0.1, 0.15) is 40.5 Å². The van der Waals surface area contributed by atoms with Gasteiger partial charge in [-0.2, -0.15) is 0 Å². The van der Waals surface area contributed by atoms with E-state index in [2.05, 4.69) is 42.4 Å². The van der Waals surface area contributed by atoms with Crippen molar-refractivity contribution >= 4 is 0 Å². The number of likely N-dealkylation sites (tertiary alicyclic amines) is 1. The molecule has 3 heteroatoms. The van der Waals surface area contributed by atoms with Crippen LogP contribution in [-0.2, 0) is 0 Å². The highest BCUT2D eigenvalue weighted by molar-refractivity contribution is 4.84. The van der Waals surface area contributed by atoms with Gasteiger partial charge in [-0.3, -0.25) is 4.90 Å². The van der Waals surface area contributed by atoms with E-state index in [9.17, 15) is 0 Å². The summed E-state index contributed by atoms with van der Waals surface area (Å²) in [5.41, 5.74) is 0. The number of likely N-dealkylation sites (N-methyl/N-ethyl adjacent to an activating group) is 1. The number of hydrogen-bond donors (Lipinski definition) is 0. The van der Waals surface area contributed by atoms with Crippen molar-refractivity contribution in [3.63, 3.8) is 0 Å². The second-order valence-electron chi connectivity index (χ2n) is 6.68. The topological polar surface area (TPSA) is 9.72 Å². The quantitative estimate of drug-likeness (QED) is 0.772. The minimum absolute atomic E-state index is 0.726. The summed E-state index contributed by atoms with van der Waals surface area (Å²) in [4.78, 5) is 7.95. The van der Waals surface area contributed by atoms with Crippen molar-refractivity contribution in [1.82, 2.24) is 14.7 Å². The van der Waals surface area contributed by atoms with Crippen LogP contribution in [0.5, 0.6) is 0 Å². The van der Waals surface area contributed by atoms with Gasteiger partial charge >= 0.3 is 0 Å². The Morgan fingerprint density at radius 2 is 1.42 bits per heavy atom. The number of hydrogen-bond acceptors (Lipinski definition) is 3. The standard InChI is InChI=1S/C16H33N3/c1-5-17-10-12-19(13-11-17)15(4)16-6-8-18(9-7-16)14(2)3/h14-16H,5-13H2,1-4H3. The first kappa shape index (κ1) is 15.3. The molecule has 3 nitrogen and oxygen atoms in total. The summed E-state index contributed by atoms with van der Waals surface area (Å²) in [7, 11) is 0. The maximum absolute atomic E-state index is 2.74. The lowest BCUT2D eigenvalue weighted by Gasteiger charge is -2.43. The molecular formula is C16H33N3. The van der Waals surface area contributed by atoms with E-state index in [1.54, 1.807) is 0 Å². The van der Waals surface area contributed by atoms with E-state index < -0.39 is 0 Å². The summed E-state index contributed by atoms with van der Waals surface area (Å²) >= 11 is 0. The lowest BCUT2D eigenvalue weighted by molar-refractivity contribution is 0.0497. The summed E-state index contributed by atoms with van der Waals surface area (Å²) in [6.45, 7) is 18.3. The second-order valence-corrected chi connectivity index (χ2v) is 6.68. The third-order valence-electron chi connectivity index (χ3n) is 5.42. The molecule has 2 aliphatic rings. The molecule has 19 heavy (non-hydrogen) atoms. The van der Waals surface area contributed by atoms with E-state index in [-0.39, 0.29) is 0 Å². The highest BCUT2D eigenvalue weighted by Crippen LogP contribution is 2.25. The SMILES string of the molecule is CCN1CCN(C(C)C2CCN(C(C)C)CC2)CC1. The Morgan fingerprint density at radius 3 is 1.89 bits per heavy atom. The minimum atomic E-state index is 0.726. The molecule has 0 radical (unpaired) electrons. The fourth-order valence-electron chi connectivity index (χ4n) is 3.70. The van der Waals surface area contributed by atoms with Crippen LogP contribution in [0, 0.1) is 5.92 Å². The zero-order valence-electron chi connectivity index (χ0n) is 13.4. The van der Waals surface area contributed by atoms with E-state index in [0.717, 1.165) is 18.0 Å². The number of piperidine rings is 1. The van der Waals surface area contributed by atoms with Crippen LogP contribution in [0.15, 0.2) is 0 Å². The molecule has 2 aliphatic heterocycles. The number of rotatable bonds is 4. The molecule has 0 aromatic carbocycles. The largest absolute Gasteiger partial charge is 0.301 e. The smallest absolute Gasteiger partial charge is 0.0113 e. The highest BCUT2D eigenvalue weighted by atomic mass is 15.3. The third-order valence-corrected chi connectivity index (χ3v) is 5.42. The van der Waals surface area contributed by atoms with Crippen LogP contribution < -0.4 is 0 Å². The Balaban J connectivity index is 1.77. The predicted octanol–water partition coefficient (Wildman–Crippen LogP) is 2.13. The first-order valence-electron chi connectivity index (χ1n) is 8.32. The van der Waals surface area contributed by atoms with Gasteiger partial charge in [0, 0.05) is 38.3 Å². The van der Waals surface area contributed by atoms with E-state index in [4.69, 9.17) is 0 Å². The van der Waals surface area contributed by atoms with Crippen molar-refractivity contribution in [3.8, 4) is 0 Å². The number of piperazine rings is 1. The van der Waals surface area contributed by atoms with Gasteiger partial charge in [0.05, 0.1) is 0 Å². The Morgan fingerprint density at radius 1 is 0.842 bits per heavy atom. The van der Waals surface area contributed by atoms with Crippen LogP contribution in [0.25, 0.3) is 0 Å². The molecule has 1 unspecified atom stereocenters. The summed E-state index contributed by atoms with van der Waals surface area (Å²) in [6.07, 6.45) is 2.79. The van der Waals surface area contributed by atoms with Crippen molar-refractivity contribution in [2.45, 2.75) is 52.6 Å². The maximum atomic E-state index is 2.74. The van der Waals surface area contributed by atoms with Gasteiger partial charge in [0.1, 0.15) is 0 Å². The Kier molecular flexibility index (Phi) is 5.67. The molecule has 2 fully saturated rings. The molecule has 2 rings (SSSR count). The molecule has 0 saturated carbocycles. The van der Waals surface area contributed by atoms with Gasteiger partial charge in [0.25, 0.3) is 0 Å². The Labute approximate surface area is 119 Å². The molecular weight excluding hydrogens is 234 g/mol. The molecule has 112 valence electrons. The lowest BCUT2D eigenvalue weighted by Crippen LogP contribution is -2.52. The summed E-state index contributed by atoms with van der Waals surface area (Å²) in [5.74, 6) is 0.920. The van der Waals surface area contributed by atoms with Crippen molar-refractivity contribution in [3.05, 3.63) is 0 Å². The minimum Gasteiger partial charge on any atom is -0.301 e. The van der Waals surface area contributed by atoms with Crippen molar-refractivity contribution in [2.75, 3.05) is 45.8 Å². The summed E-state index contributed by atoms with van der Waals surface area (Å²) in [5, 5.41) is 0. The van der Waals surface area contributed by atoms with Gasteiger partial charge in [-0.25, -0.2) is 0 Å². The molecule has 2 saturated heterocycles. The molecule has 0 aromatic heterocycles. The summed E-state index contributed by atoms with van der Waals surface area (Å²) in [6, 6.07) is 1.51. The van der Waals surface area contributed by atoms with E-state index >= 15 is 0 Å². The van der Waals surface area contributed by atoms with Crippen molar-refractivity contribution in [1.29, 1.82) is 0 Å². The van der Waals surface area contributed by atoms with E-state index in [0.29, 0.717) is 0 Å². The second kappa shape index (κ2) is 7.05. The van der Waals surface area contributed by atoms with Gasteiger partial charge in [-0.15, -0.1) is 0 Å². The average molecular weight is 267 g/mol. The third kappa shape index (κ3) is 3.93. The van der Waals surface area contributed by atoms with Gasteiger partial charge < -0.3 is 9.80 Å². The van der Waals surface area contributed by atoms with Crippen LogP contribution in [0.4, 0.5) is 0 Å². The zero-order chi connectivity index (χ0) is 13.8. The fraction of sp³-hybridized carbons (Fsp3) is 1.00. The van der Waals surface area contributed by atoms with Crippen LogP contribution in [0.2, 0.25) is 0 Å². The van der Waals surface area contributed by atoms with Crippen LogP contribution >= 0.6 is 0 Å². The Bertz CT molecular complexity index is 251. The molecule has 0 aliphatic carbocycles. The average Bonchev–Trinajstić information content (AvgIpc) is 2.46. The van der Waals surface area contributed by atoms with E-state index in [1.807, 2.05) is 0 Å². The van der Waals surface area contributed by atoms with Gasteiger partial charge in [-0.1, -0.05) is 6.92 Å². The van der Waals surface area contributed by atoms with Crippen molar-refractivity contribution in [2.24, 2.45) is 5.92 Å². The lowest BCUT2D eigenvalue weighted by atomic mass is 9.88. The highest BCUT2D eigenvalue weighted by Gasteiger charge is 2.29. The zero-order valence-corrected chi connectivity index (χ0v) is 13.4. The van der Waals surface area contributed by atoms with Crippen LogP contribution in [-0.4, -0.2) is 72.6 Å². The number of nitrogens with zero attached hydrogens (tertiary/aromatic N) is 3. The molecule has 0 spiro atoms. The molecule has 0 amide bonds. The molecule has 0 N–H and O–H groups in total. The van der Waals surface area contributed by atoms with Crippen LogP contribution in [0.3, 0.4) is 0 Å². The molecule has 1 atom stereocenters. The first-order chi connectivity index (χ1) is 9.11. The summed E-state index contributed by atoms with van der Waals surface area (Å²) < 4.78 is 0. The maximum Gasteiger partial charge on any atom is 0.0113 e. The molecule has 2 heterocycles. The Hall–Kier alpha value is -0.120. The fourth-order valence-corrected chi connectivity index (χ4v) is 3.70. The van der Waals surface area contributed by atoms with Gasteiger partial charge in [0.15, 0.2) is 0 Å². The molecule has 0 aromatic rings.